The quantitative estimate of drug-likeness (QED) is 0.551. The molecule has 0 fully saturated rings. The van der Waals surface area contributed by atoms with Crippen molar-refractivity contribution in [2.45, 2.75) is 6.54 Å². The molecule has 2 heterocycles. The van der Waals surface area contributed by atoms with Crippen LogP contribution in [0.3, 0.4) is 0 Å². The Morgan fingerprint density at radius 3 is 2.50 bits per heavy atom. The highest BCUT2D eigenvalue weighted by Crippen LogP contribution is 2.19. The summed E-state index contributed by atoms with van der Waals surface area (Å²) >= 11 is 5.94. The Kier molecular flexibility index (Phi) is 5.12. The molecule has 4 aromatic rings. The van der Waals surface area contributed by atoms with E-state index in [1.165, 1.54) is 4.68 Å². The van der Waals surface area contributed by atoms with Crippen molar-refractivity contribution >= 4 is 23.5 Å². The van der Waals surface area contributed by atoms with Crippen LogP contribution in [-0.4, -0.2) is 25.7 Å². The Hall–Kier alpha value is -3.51. The highest BCUT2D eigenvalue weighted by Gasteiger charge is 2.18. The monoisotopic (exact) mass is 389 g/mol. The molecule has 0 saturated carbocycles. The van der Waals surface area contributed by atoms with Gasteiger partial charge in [0.05, 0.1) is 0 Å². The van der Waals surface area contributed by atoms with E-state index in [9.17, 15) is 4.79 Å². The standard InChI is InChI=1S/C21H16ClN5O/c22-18-10-8-15(9-11-18)13-24-21-25-19(17-7-4-12-23-14-17)26-27(21)20(28)16-5-2-1-3-6-16/h1-12,14H,13H2,(H,24,25,26). The number of hydrogen-bond donors (Lipinski definition) is 1. The van der Waals surface area contributed by atoms with Crippen molar-refractivity contribution in [2.24, 2.45) is 0 Å². The van der Waals surface area contributed by atoms with Crippen LogP contribution in [0, 0.1) is 0 Å². The van der Waals surface area contributed by atoms with Crippen LogP contribution in [0.15, 0.2) is 79.1 Å². The summed E-state index contributed by atoms with van der Waals surface area (Å²) in [6.45, 7) is 0.477. The first kappa shape index (κ1) is 17.9. The molecule has 4 rings (SSSR count). The highest BCUT2D eigenvalue weighted by molar-refractivity contribution is 6.30. The minimum absolute atomic E-state index is 0.262. The van der Waals surface area contributed by atoms with Gasteiger partial charge in [-0.15, -0.1) is 5.10 Å². The van der Waals surface area contributed by atoms with E-state index in [1.807, 2.05) is 48.5 Å². The van der Waals surface area contributed by atoms with Gasteiger partial charge >= 0.3 is 0 Å². The van der Waals surface area contributed by atoms with Gasteiger partial charge in [-0.1, -0.05) is 41.9 Å². The largest absolute Gasteiger partial charge is 0.350 e. The van der Waals surface area contributed by atoms with Crippen LogP contribution < -0.4 is 5.32 Å². The number of rotatable bonds is 5. The molecule has 2 aromatic heterocycles. The molecule has 7 heteroatoms. The van der Waals surface area contributed by atoms with Gasteiger partial charge in [-0.25, -0.2) is 0 Å². The number of nitrogens with zero attached hydrogens (tertiary/aromatic N) is 4. The Morgan fingerprint density at radius 2 is 1.79 bits per heavy atom. The number of carbonyl (C=O) groups is 1. The lowest BCUT2D eigenvalue weighted by Crippen LogP contribution is -2.17. The fourth-order valence-corrected chi connectivity index (χ4v) is 2.80. The summed E-state index contributed by atoms with van der Waals surface area (Å²) in [6.07, 6.45) is 3.34. The summed E-state index contributed by atoms with van der Waals surface area (Å²) < 4.78 is 1.29. The number of carbonyl (C=O) groups excluding carboxylic acids is 1. The molecular weight excluding hydrogens is 374 g/mol. The number of nitrogens with one attached hydrogen (secondary N) is 1. The van der Waals surface area contributed by atoms with Crippen LogP contribution in [0.5, 0.6) is 0 Å². The zero-order chi connectivity index (χ0) is 19.3. The molecule has 28 heavy (non-hydrogen) atoms. The van der Waals surface area contributed by atoms with Crippen molar-refractivity contribution in [3.05, 3.63) is 95.3 Å². The Balaban J connectivity index is 1.67. The zero-order valence-electron chi connectivity index (χ0n) is 14.8. The second-order valence-electron chi connectivity index (χ2n) is 6.06. The maximum atomic E-state index is 13.0. The molecule has 138 valence electrons. The molecule has 0 atom stereocenters. The lowest BCUT2D eigenvalue weighted by molar-refractivity contribution is 0.0947. The molecule has 1 N–H and O–H groups in total. The Bertz CT molecular complexity index is 1080. The Morgan fingerprint density at radius 1 is 1.00 bits per heavy atom. The summed E-state index contributed by atoms with van der Waals surface area (Å²) in [4.78, 5) is 21.6. The molecule has 0 aliphatic carbocycles. The van der Waals surface area contributed by atoms with E-state index in [1.54, 1.807) is 30.6 Å². The van der Waals surface area contributed by atoms with Crippen molar-refractivity contribution < 1.29 is 4.79 Å². The summed E-state index contributed by atoms with van der Waals surface area (Å²) in [5.74, 6) is 0.528. The fraction of sp³-hybridized carbons (Fsp3) is 0.0476. The summed E-state index contributed by atoms with van der Waals surface area (Å²) in [5, 5.41) is 8.28. The van der Waals surface area contributed by atoms with Gasteiger partial charge in [-0.3, -0.25) is 9.78 Å². The van der Waals surface area contributed by atoms with Gasteiger partial charge in [-0.05, 0) is 42.0 Å². The molecule has 0 amide bonds. The molecule has 0 aliphatic rings. The van der Waals surface area contributed by atoms with E-state index in [2.05, 4.69) is 20.4 Å². The van der Waals surface area contributed by atoms with Crippen LogP contribution in [0.2, 0.25) is 5.02 Å². The van der Waals surface area contributed by atoms with Crippen molar-refractivity contribution in [1.82, 2.24) is 19.7 Å². The van der Waals surface area contributed by atoms with Gasteiger partial charge < -0.3 is 5.32 Å². The molecule has 0 bridgehead atoms. The molecule has 0 unspecified atom stereocenters. The number of anilines is 1. The Labute approximate surface area is 166 Å². The lowest BCUT2D eigenvalue weighted by Gasteiger charge is -2.07. The van der Waals surface area contributed by atoms with Crippen LogP contribution in [-0.2, 0) is 6.54 Å². The molecule has 0 saturated heterocycles. The maximum Gasteiger partial charge on any atom is 0.281 e. The average Bonchev–Trinajstić information content (AvgIpc) is 3.18. The minimum Gasteiger partial charge on any atom is -0.350 e. The van der Waals surface area contributed by atoms with E-state index in [0.717, 1.165) is 11.1 Å². The summed E-state index contributed by atoms with van der Waals surface area (Å²) in [6, 6.07) is 20.1. The first-order valence-electron chi connectivity index (χ1n) is 8.66. The molecule has 0 spiro atoms. The highest BCUT2D eigenvalue weighted by atomic mass is 35.5. The molecule has 6 nitrogen and oxygen atoms in total. The SMILES string of the molecule is O=C(c1ccccc1)n1nc(-c2cccnc2)nc1NCc1ccc(Cl)cc1. The van der Waals surface area contributed by atoms with Gasteiger partial charge in [0, 0.05) is 35.1 Å². The van der Waals surface area contributed by atoms with E-state index >= 15 is 0 Å². The van der Waals surface area contributed by atoms with Crippen molar-refractivity contribution in [3.63, 3.8) is 0 Å². The second-order valence-corrected chi connectivity index (χ2v) is 6.50. The van der Waals surface area contributed by atoms with Crippen LogP contribution in [0.4, 0.5) is 5.95 Å². The van der Waals surface area contributed by atoms with E-state index < -0.39 is 0 Å². The van der Waals surface area contributed by atoms with Gasteiger partial charge in [0.25, 0.3) is 5.91 Å². The molecule has 0 aliphatic heterocycles. The lowest BCUT2D eigenvalue weighted by atomic mass is 10.2. The van der Waals surface area contributed by atoms with Gasteiger partial charge in [-0.2, -0.15) is 9.67 Å². The first-order valence-corrected chi connectivity index (χ1v) is 9.04. The third-order valence-electron chi connectivity index (χ3n) is 4.10. The van der Waals surface area contributed by atoms with Crippen molar-refractivity contribution in [1.29, 1.82) is 0 Å². The third kappa shape index (κ3) is 3.92. The first-order chi connectivity index (χ1) is 13.7. The van der Waals surface area contributed by atoms with Crippen LogP contribution >= 0.6 is 11.6 Å². The average molecular weight is 390 g/mol. The number of hydrogen-bond acceptors (Lipinski definition) is 5. The van der Waals surface area contributed by atoms with Crippen LogP contribution in [0.1, 0.15) is 15.9 Å². The number of benzene rings is 2. The van der Waals surface area contributed by atoms with E-state index in [-0.39, 0.29) is 5.91 Å². The predicted octanol–water partition coefficient (Wildman–Crippen LogP) is 4.29. The minimum atomic E-state index is -0.262. The molecular formula is C21H16ClN5O. The van der Waals surface area contributed by atoms with Gasteiger partial charge in [0.1, 0.15) is 0 Å². The normalized spacial score (nSPS) is 10.6. The van der Waals surface area contributed by atoms with Crippen molar-refractivity contribution in [2.75, 3.05) is 5.32 Å². The fourth-order valence-electron chi connectivity index (χ4n) is 2.67. The van der Waals surface area contributed by atoms with E-state index in [0.29, 0.717) is 28.9 Å². The van der Waals surface area contributed by atoms with Crippen molar-refractivity contribution in [3.8, 4) is 11.4 Å². The van der Waals surface area contributed by atoms with Gasteiger partial charge in [0.15, 0.2) is 5.82 Å². The maximum absolute atomic E-state index is 13.0. The number of halogens is 1. The number of aromatic nitrogens is 4. The zero-order valence-corrected chi connectivity index (χ0v) is 15.5. The number of pyridine rings is 1. The summed E-state index contributed by atoms with van der Waals surface area (Å²) in [5.41, 5.74) is 2.27. The summed E-state index contributed by atoms with van der Waals surface area (Å²) in [7, 11) is 0. The molecule has 0 radical (unpaired) electrons. The predicted molar refractivity (Wildman–Crippen MR) is 108 cm³/mol. The second kappa shape index (κ2) is 8.02. The van der Waals surface area contributed by atoms with Crippen LogP contribution in [0.25, 0.3) is 11.4 Å². The topological polar surface area (TPSA) is 72.7 Å². The third-order valence-corrected chi connectivity index (χ3v) is 4.36. The van der Waals surface area contributed by atoms with E-state index in [4.69, 9.17) is 11.6 Å². The van der Waals surface area contributed by atoms with Gasteiger partial charge in [0.2, 0.25) is 5.95 Å². The smallest absolute Gasteiger partial charge is 0.281 e. The molecule has 2 aromatic carbocycles.